The highest BCUT2D eigenvalue weighted by Crippen LogP contribution is 2.19. The minimum atomic E-state index is -0.256. The number of aromatic amines is 1. The summed E-state index contributed by atoms with van der Waals surface area (Å²) in [4.78, 5) is 12.1. The Morgan fingerprint density at radius 2 is 2.23 bits per heavy atom. The minimum Gasteiger partial charge on any atom is -0.346 e. The topological polar surface area (TPSA) is 88.5 Å². The second kappa shape index (κ2) is 5.97. The Labute approximate surface area is 127 Å². The van der Waals surface area contributed by atoms with Crippen LogP contribution < -0.4 is 5.32 Å². The lowest BCUT2D eigenvalue weighted by molar-refractivity contribution is -0.122. The number of para-hydroxylation sites is 1. The van der Waals surface area contributed by atoms with Gasteiger partial charge in [0.15, 0.2) is 5.82 Å². The van der Waals surface area contributed by atoms with E-state index in [0.29, 0.717) is 18.8 Å². The Morgan fingerprint density at radius 3 is 3.00 bits per heavy atom. The summed E-state index contributed by atoms with van der Waals surface area (Å²) in [5.74, 6) is 0.449. The molecule has 0 bridgehead atoms. The van der Waals surface area contributed by atoms with E-state index in [4.69, 9.17) is 0 Å². The summed E-state index contributed by atoms with van der Waals surface area (Å²) < 4.78 is 2.16. The number of hydrogen-bond acceptors (Lipinski definition) is 4. The number of nitrogens with zero attached hydrogens (tertiary/aromatic N) is 4. The molecule has 1 atom stereocenters. The van der Waals surface area contributed by atoms with Crippen LogP contribution in [0.15, 0.2) is 30.3 Å². The lowest BCUT2D eigenvalue weighted by Crippen LogP contribution is -2.28. The molecule has 3 aromatic rings. The Hall–Kier alpha value is -2.70. The molecule has 7 heteroatoms. The van der Waals surface area contributed by atoms with Gasteiger partial charge in [-0.05, 0) is 31.4 Å². The minimum absolute atomic E-state index is 0.0329. The van der Waals surface area contributed by atoms with E-state index >= 15 is 0 Å². The van der Waals surface area contributed by atoms with Crippen LogP contribution in [0.3, 0.4) is 0 Å². The standard InChI is InChI=1S/C15H18N6O/c1-10-9-12-5-3-4-6-13(12)21(10)8-7-14(22)16-11(2)15-17-19-20-18-15/h3-6,9,11H,7-8H2,1-2H3,(H,16,22)(H,17,18,19,20). The largest absolute Gasteiger partial charge is 0.346 e. The van der Waals surface area contributed by atoms with E-state index < -0.39 is 0 Å². The molecule has 0 spiro atoms. The van der Waals surface area contributed by atoms with Crippen molar-refractivity contribution in [2.45, 2.75) is 32.9 Å². The number of aryl methyl sites for hydroxylation is 2. The number of nitrogens with one attached hydrogen (secondary N) is 2. The fourth-order valence-corrected chi connectivity index (χ4v) is 2.59. The van der Waals surface area contributed by atoms with Gasteiger partial charge in [-0.2, -0.15) is 5.21 Å². The van der Waals surface area contributed by atoms with Crippen molar-refractivity contribution in [3.63, 3.8) is 0 Å². The third-order valence-electron chi connectivity index (χ3n) is 3.71. The average Bonchev–Trinajstić information content (AvgIpc) is 3.12. The van der Waals surface area contributed by atoms with E-state index in [1.165, 1.54) is 5.39 Å². The molecule has 1 aromatic carbocycles. The summed E-state index contributed by atoms with van der Waals surface area (Å²) in [5, 5.41) is 17.7. The molecule has 0 aliphatic carbocycles. The zero-order chi connectivity index (χ0) is 15.5. The molecule has 3 rings (SSSR count). The molecule has 0 aliphatic heterocycles. The third-order valence-corrected chi connectivity index (χ3v) is 3.71. The molecule has 0 fully saturated rings. The first kappa shape index (κ1) is 14.2. The molecule has 1 amide bonds. The SMILES string of the molecule is Cc1cc2ccccc2n1CCC(=O)NC(C)c1nn[nH]n1. The maximum atomic E-state index is 12.1. The monoisotopic (exact) mass is 298 g/mol. The maximum Gasteiger partial charge on any atom is 0.222 e. The van der Waals surface area contributed by atoms with E-state index in [1.807, 2.05) is 19.1 Å². The predicted molar refractivity (Wildman–Crippen MR) is 82.0 cm³/mol. The van der Waals surface area contributed by atoms with Crippen LogP contribution in [0.2, 0.25) is 0 Å². The van der Waals surface area contributed by atoms with Gasteiger partial charge in [-0.15, -0.1) is 10.2 Å². The van der Waals surface area contributed by atoms with Gasteiger partial charge in [0, 0.05) is 24.2 Å². The lowest BCUT2D eigenvalue weighted by Gasteiger charge is -2.11. The first-order chi connectivity index (χ1) is 10.6. The molecule has 0 radical (unpaired) electrons. The summed E-state index contributed by atoms with van der Waals surface area (Å²) in [7, 11) is 0. The van der Waals surface area contributed by atoms with Gasteiger partial charge in [0.25, 0.3) is 0 Å². The zero-order valence-electron chi connectivity index (χ0n) is 12.6. The molecule has 2 N–H and O–H groups in total. The highest BCUT2D eigenvalue weighted by Gasteiger charge is 2.14. The first-order valence-corrected chi connectivity index (χ1v) is 7.22. The number of hydrogen-bond donors (Lipinski definition) is 2. The van der Waals surface area contributed by atoms with E-state index in [1.54, 1.807) is 0 Å². The maximum absolute atomic E-state index is 12.1. The fraction of sp³-hybridized carbons (Fsp3) is 0.333. The highest BCUT2D eigenvalue weighted by atomic mass is 16.1. The quantitative estimate of drug-likeness (QED) is 0.751. The molecule has 2 heterocycles. The normalized spacial score (nSPS) is 12.5. The van der Waals surface area contributed by atoms with Crippen molar-refractivity contribution in [2.75, 3.05) is 0 Å². The van der Waals surface area contributed by atoms with Crippen LogP contribution in [0, 0.1) is 6.92 Å². The van der Waals surface area contributed by atoms with E-state index in [2.05, 4.69) is 55.6 Å². The second-order valence-corrected chi connectivity index (χ2v) is 5.31. The predicted octanol–water partition coefficient (Wildman–Crippen LogP) is 1.73. The fourth-order valence-electron chi connectivity index (χ4n) is 2.59. The smallest absolute Gasteiger partial charge is 0.222 e. The Bertz CT molecular complexity index is 777. The molecule has 1 unspecified atom stereocenters. The van der Waals surface area contributed by atoms with Crippen molar-refractivity contribution in [2.24, 2.45) is 0 Å². The van der Waals surface area contributed by atoms with Gasteiger partial charge in [0.2, 0.25) is 5.91 Å². The molecule has 2 aromatic heterocycles. The molecule has 0 aliphatic rings. The van der Waals surface area contributed by atoms with Gasteiger partial charge < -0.3 is 9.88 Å². The van der Waals surface area contributed by atoms with Crippen molar-refractivity contribution in [1.29, 1.82) is 0 Å². The van der Waals surface area contributed by atoms with Gasteiger partial charge in [-0.3, -0.25) is 4.79 Å². The number of H-pyrrole nitrogens is 1. The van der Waals surface area contributed by atoms with Crippen LogP contribution in [-0.2, 0) is 11.3 Å². The number of carbonyl (C=O) groups is 1. The molecular weight excluding hydrogens is 280 g/mol. The highest BCUT2D eigenvalue weighted by molar-refractivity contribution is 5.81. The molecular formula is C15H18N6O. The third kappa shape index (κ3) is 2.83. The van der Waals surface area contributed by atoms with Gasteiger partial charge in [-0.25, -0.2) is 0 Å². The first-order valence-electron chi connectivity index (χ1n) is 7.22. The summed E-state index contributed by atoms with van der Waals surface area (Å²) in [6.07, 6.45) is 0.404. The molecule has 7 nitrogen and oxygen atoms in total. The number of aromatic nitrogens is 5. The van der Waals surface area contributed by atoms with E-state index in [-0.39, 0.29) is 11.9 Å². The number of fused-ring (bicyclic) bond motifs is 1. The van der Waals surface area contributed by atoms with Crippen molar-refractivity contribution in [3.8, 4) is 0 Å². The van der Waals surface area contributed by atoms with Crippen LogP contribution in [0.4, 0.5) is 0 Å². The number of rotatable bonds is 5. The van der Waals surface area contributed by atoms with Gasteiger partial charge in [-0.1, -0.05) is 23.4 Å². The lowest BCUT2D eigenvalue weighted by atomic mass is 10.2. The number of tetrazole rings is 1. The van der Waals surface area contributed by atoms with Crippen molar-refractivity contribution >= 4 is 16.8 Å². The van der Waals surface area contributed by atoms with Crippen LogP contribution >= 0.6 is 0 Å². The van der Waals surface area contributed by atoms with Crippen molar-refractivity contribution in [1.82, 2.24) is 30.5 Å². The Balaban J connectivity index is 1.64. The number of carbonyl (C=O) groups excluding carboxylic acids is 1. The number of amides is 1. The van der Waals surface area contributed by atoms with Crippen LogP contribution in [0.25, 0.3) is 10.9 Å². The molecule has 22 heavy (non-hydrogen) atoms. The van der Waals surface area contributed by atoms with E-state index in [0.717, 1.165) is 11.2 Å². The van der Waals surface area contributed by atoms with Crippen LogP contribution in [0.5, 0.6) is 0 Å². The van der Waals surface area contributed by atoms with Crippen molar-refractivity contribution in [3.05, 3.63) is 41.9 Å². The summed E-state index contributed by atoms with van der Waals surface area (Å²) >= 11 is 0. The molecule has 0 saturated heterocycles. The van der Waals surface area contributed by atoms with E-state index in [9.17, 15) is 4.79 Å². The Morgan fingerprint density at radius 1 is 1.41 bits per heavy atom. The zero-order valence-corrected chi connectivity index (χ0v) is 12.6. The Kier molecular flexibility index (Phi) is 3.86. The van der Waals surface area contributed by atoms with Gasteiger partial charge >= 0.3 is 0 Å². The molecule has 0 saturated carbocycles. The average molecular weight is 298 g/mol. The van der Waals surface area contributed by atoms with Gasteiger partial charge in [0.05, 0.1) is 6.04 Å². The summed E-state index contributed by atoms with van der Waals surface area (Å²) in [5.41, 5.74) is 2.30. The summed E-state index contributed by atoms with van der Waals surface area (Å²) in [6.45, 7) is 4.53. The van der Waals surface area contributed by atoms with Crippen molar-refractivity contribution < 1.29 is 4.79 Å². The van der Waals surface area contributed by atoms with Crippen LogP contribution in [0.1, 0.15) is 30.9 Å². The van der Waals surface area contributed by atoms with Gasteiger partial charge in [0.1, 0.15) is 0 Å². The summed E-state index contributed by atoms with van der Waals surface area (Å²) in [6, 6.07) is 10.1. The second-order valence-electron chi connectivity index (χ2n) is 5.31. The number of benzene rings is 1. The molecule has 114 valence electrons. The van der Waals surface area contributed by atoms with Crippen LogP contribution in [-0.4, -0.2) is 31.1 Å².